The number of para-hydroxylation sites is 2. The predicted molar refractivity (Wildman–Crippen MR) is 199 cm³/mol. The monoisotopic (exact) mass is 745 g/mol. The number of fused-ring (bicyclic) bond motifs is 2. The van der Waals surface area contributed by atoms with E-state index in [1.54, 1.807) is 26.2 Å². The SMILES string of the molecule is CC(C)C[C@H](NC(=O)[C@H](Cc1c[nH]c2ccccc12)NC(=O)[C@@H](N)Cc1c[nH]c2ccccc12)C(=O)N[C@@H](CC(N)=O)C(=O)N[C@@H](CCC(N)=O)C(=O)O. The Kier molecular flexibility index (Phi) is 13.9. The molecule has 2 heterocycles. The molecular formula is C37H47N9O8. The Morgan fingerprint density at radius 3 is 1.67 bits per heavy atom. The Labute approximate surface area is 310 Å². The number of nitrogens with one attached hydrogen (secondary N) is 6. The number of aromatic nitrogens is 2. The van der Waals surface area contributed by atoms with Gasteiger partial charge in [-0.1, -0.05) is 50.2 Å². The Hall–Kier alpha value is -6.23. The van der Waals surface area contributed by atoms with E-state index >= 15 is 0 Å². The van der Waals surface area contributed by atoms with E-state index < -0.39 is 78.0 Å². The average molecular weight is 746 g/mol. The van der Waals surface area contributed by atoms with Crippen LogP contribution in [0.2, 0.25) is 0 Å². The molecule has 0 spiro atoms. The van der Waals surface area contributed by atoms with Gasteiger partial charge in [-0.3, -0.25) is 28.8 Å². The summed E-state index contributed by atoms with van der Waals surface area (Å²) < 4.78 is 0. The number of rotatable bonds is 20. The lowest BCUT2D eigenvalue weighted by Gasteiger charge is -2.27. The normalized spacial score (nSPS) is 14.1. The maximum Gasteiger partial charge on any atom is 0.326 e. The number of carboxylic acids is 1. The minimum absolute atomic E-state index is 0.0198. The van der Waals surface area contributed by atoms with Gasteiger partial charge in [0.05, 0.1) is 12.5 Å². The zero-order valence-electron chi connectivity index (χ0n) is 30.0. The lowest BCUT2D eigenvalue weighted by atomic mass is 9.99. The van der Waals surface area contributed by atoms with Crippen molar-refractivity contribution in [2.45, 2.75) is 82.6 Å². The van der Waals surface area contributed by atoms with Gasteiger partial charge in [0.15, 0.2) is 0 Å². The first-order chi connectivity index (χ1) is 25.6. The highest BCUT2D eigenvalue weighted by molar-refractivity contribution is 5.97. The number of aliphatic carboxylic acids is 1. The minimum atomic E-state index is -1.62. The van der Waals surface area contributed by atoms with Gasteiger partial charge in [-0.2, -0.15) is 0 Å². The predicted octanol–water partition coefficient (Wildman–Crippen LogP) is -0.0275. The van der Waals surface area contributed by atoms with Crippen LogP contribution in [0.15, 0.2) is 60.9 Å². The maximum atomic E-state index is 14.1. The van der Waals surface area contributed by atoms with Crippen LogP contribution >= 0.6 is 0 Å². The lowest BCUT2D eigenvalue weighted by Crippen LogP contribution is -2.59. The van der Waals surface area contributed by atoms with Gasteiger partial charge >= 0.3 is 5.97 Å². The number of nitrogens with two attached hydrogens (primary N) is 3. The first kappa shape index (κ1) is 40.5. The number of hydrogen-bond acceptors (Lipinski definition) is 8. The number of primary amides is 2. The number of benzene rings is 2. The number of carbonyl (C=O) groups excluding carboxylic acids is 6. The van der Waals surface area contributed by atoms with Crippen LogP contribution in [0.3, 0.4) is 0 Å². The van der Waals surface area contributed by atoms with E-state index in [1.165, 1.54) is 0 Å². The molecule has 2 aromatic heterocycles. The Bertz CT molecular complexity index is 2000. The van der Waals surface area contributed by atoms with Crippen LogP contribution in [-0.4, -0.2) is 86.7 Å². The molecule has 0 saturated carbocycles. The largest absolute Gasteiger partial charge is 0.480 e. The van der Waals surface area contributed by atoms with E-state index in [0.717, 1.165) is 27.4 Å². The Morgan fingerprint density at radius 2 is 1.13 bits per heavy atom. The van der Waals surface area contributed by atoms with Crippen molar-refractivity contribution >= 4 is 63.2 Å². The fourth-order valence-corrected chi connectivity index (χ4v) is 6.11. The summed E-state index contributed by atoms with van der Waals surface area (Å²) in [5, 5.41) is 21.3. The third kappa shape index (κ3) is 11.1. The molecule has 17 heteroatoms. The highest BCUT2D eigenvalue weighted by atomic mass is 16.4. The summed E-state index contributed by atoms with van der Waals surface area (Å²) in [7, 11) is 0. The zero-order chi connectivity index (χ0) is 39.5. The summed E-state index contributed by atoms with van der Waals surface area (Å²) in [5.74, 6) is -6.65. The Morgan fingerprint density at radius 1 is 0.648 bits per heavy atom. The smallest absolute Gasteiger partial charge is 0.326 e. The quantitative estimate of drug-likeness (QED) is 0.0580. The second-order valence-electron chi connectivity index (χ2n) is 13.6. The summed E-state index contributed by atoms with van der Waals surface area (Å²) >= 11 is 0. The molecule has 0 aliphatic carbocycles. The van der Waals surface area contributed by atoms with Gasteiger partial charge in [0.25, 0.3) is 0 Å². The van der Waals surface area contributed by atoms with Crippen molar-refractivity contribution in [1.82, 2.24) is 31.2 Å². The molecule has 4 rings (SSSR count). The zero-order valence-corrected chi connectivity index (χ0v) is 30.0. The van der Waals surface area contributed by atoms with Gasteiger partial charge < -0.3 is 53.5 Å². The fourth-order valence-electron chi connectivity index (χ4n) is 6.11. The third-order valence-corrected chi connectivity index (χ3v) is 8.86. The molecule has 0 saturated heterocycles. The molecule has 54 heavy (non-hydrogen) atoms. The molecule has 0 unspecified atom stereocenters. The number of amides is 6. The van der Waals surface area contributed by atoms with Crippen molar-refractivity contribution in [1.29, 1.82) is 0 Å². The van der Waals surface area contributed by atoms with Crippen LogP contribution in [0.1, 0.15) is 50.7 Å². The molecule has 2 aromatic carbocycles. The van der Waals surface area contributed by atoms with Crippen molar-refractivity contribution in [3.05, 3.63) is 72.1 Å². The van der Waals surface area contributed by atoms with Crippen molar-refractivity contribution in [2.24, 2.45) is 23.1 Å². The number of aromatic amines is 2. The van der Waals surface area contributed by atoms with Crippen molar-refractivity contribution in [2.75, 3.05) is 0 Å². The van der Waals surface area contributed by atoms with Crippen LogP contribution in [-0.2, 0) is 46.4 Å². The van der Waals surface area contributed by atoms with Gasteiger partial charge in [-0.15, -0.1) is 0 Å². The number of carboxylic acid groups (broad SMARTS) is 1. The maximum absolute atomic E-state index is 14.1. The molecule has 6 amide bonds. The first-order valence-corrected chi connectivity index (χ1v) is 17.5. The van der Waals surface area contributed by atoms with E-state index in [1.807, 2.05) is 48.5 Å². The molecule has 0 aliphatic heterocycles. The van der Waals surface area contributed by atoms with Crippen LogP contribution in [0.4, 0.5) is 0 Å². The van der Waals surface area contributed by atoms with Crippen LogP contribution < -0.4 is 38.5 Å². The van der Waals surface area contributed by atoms with Gasteiger partial charge in [-0.25, -0.2) is 4.79 Å². The molecular weight excluding hydrogens is 698 g/mol. The lowest BCUT2D eigenvalue weighted by molar-refractivity contribution is -0.142. The van der Waals surface area contributed by atoms with Gasteiger partial charge in [0.2, 0.25) is 35.4 Å². The number of carbonyl (C=O) groups is 7. The van der Waals surface area contributed by atoms with Crippen LogP contribution in [0.25, 0.3) is 21.8 Å². The third-order valence-electron chi connectivity index (χ3n) is 8.86. The number of hydrogen-bond donors (Lipinski definition) is 10. The number of H-pyrrole nitrogens is 2. The van der Waals surface area contributed by atoms with Gasteiger partial charge in [0, 0.05) is 47.0 Å². The molecule has 0 aliphatic rings. The van der Waals surface area contributed by atoms with Crippen LogP contribution in [0, 0.1) is 5.92 Å². The summed E-state index contributed by atoms with van der Waals surface area (Å²) in [6, 6.07) is 8.28. The van der Waals surface area contributed by atoms with Crippen LogP contribution in [0.5, 0.6) is 0 Å². The average Bonchev–Trinajstić information content (AvgIpc) is 3.72. The molecule has 0 bridgehead atoms. The molecule has 4 aromatic rings. The first-order valence-electron chi connectivity index (χ1n) is 17.5. The van der Waals surface area contributed by atoms with E-state index in [-0.39, 0.29) is 38.0 Å². The molecule has 5 atom stereocenters. The highest BCUT2D eigenvalue weighted by Crippen LogP contribution is 2.21. The topological polar surface area (TPSA) is 297 Å². The van der Waals surface area contributed by atoms with E-state index in [4.69, 9.17) is 17.2 Å². The van der Waals surface area contributed by atoms with E-state index in [2.05, 4.69) is 31.2 Å². The summed E-state index contributed by atoms with van der Waals surface area (Å²) in [6.07, 6.45) is 2.38. The highest BCUT2D eigenvalue weighted by Gasteiger charge is 2.33. The van der Waals surface area contributed by atoms with Gasteiger partial charge in [-0.05, 0) is 48.4 Å². The molecule has 13 N–H and O–H groups in total. The van der Waals surface area contributed by atoms with E-state index in [9.17, 15) is 38.7 Å². The standard InChI is InChI=1S/C37H47N9O8/c1-19(2)13-28(34(50)46-30(16-32(40)48)36(52)43-27(37(53)54)11-12-31(39)47)45-35(51)29(15-21-18-42-26-10-6-4-8-23(21)26)44-33(49)24(38)14-20-17-41-25-9-5-3-7-22(20)25/h3-10,17-19,24,27-30,41-42H,11-16,38H2,1-2H3,(H2,39,47)(H2,40,48)(H,43,52)(H,44,49)(H,45,51)(H,46,50)(H,53,54)/t24-,27-,28-,29-,30-/m0/s1. The minimum Gasteiger partial charge on any atom is -0.480 e. The Balaban J connectivity index is 1.55. The summed E-state index contributed by atoms with van der Waals surface area (Å²) in [6.45, 7) is 3.59. The molecule has 0 radical (unpaired) electrons. The summed E-state index contributed by atoms with van der Waals surface area (Å²) in [5.41, 5.74) is 20.1. The van der Waals surface area contributed by atoms with E-state index in [0.29, 0.717) is 5.56 Å². The molecule has 288 valence electrons. The van der Waals surface area contributed by atoms with Crippen molar-refractivity contribution < 1.29 is 38.7 Å². The van der Waals surface area contributed by atoms with Crippen molar-refractivity contribution in [3.63, 3.8) is 0 Å². The summed E-state index contributed by atoms with van der Waals surface area (Å²) in [4.78, 5) is 95.7. The second kappa shape index (κ2) is 18.5. The molecule has 0 fully saturated rings. The second-order valence-corrected chi connectivity index (χ2v) is 13.6. The molecule has 17 nitrogen and oxygen atoms in total. The van der Waals surface area contributed by atoms with Crippen molar-refractivity contribution in [3.8, 4) is 0 Å². The fraction of sp³-hybridized carbons (Fsp3) is 0.378. The van der Waals surface area contributed by atoms with Gasteiger partial charge in [0.1, 0.15) is 24.2 Å².